The van der Waals surface area contributed by atoms with Crippen molar-refractivity contribution in [3.05, 3.63) is 51.2 Å². The molecule has 0 bridgehead atoms. The number of nitrogens with zero attached hydrogens (tertiary/aromatic N) is 4. The Morgan fingerprint density at radius 3 is 2.53 bits per heavy atom. The van der Waals surface area contributed by atoms with Crippen LogP contribution in [0.25, 0.3) is 11.0 Å². The van der Waals surface area contributed by atoms with Crippen LogP contribution in [0, 0.1) is 20.8 Å². The number of nitrogens with one attached hydrogen (secondary N) is 2. The average Bonchev–Trinajstić information content (AvgIpc) is 2.94. The molecule has 156 valence electrons. The Bertz CT molecular complexity index is 1200. The minimum absolute atomic E-state index is 0.117. The molecule has 2 aromatic heterocycles. The van der Waals surface area contributed by atoms with Gasteiger partial charge >= 0.3 is 177 Å². The molecule has 4 rings (SSSR count). The molecular formula is C22H29BN6O. The van der Waals surface area contributed by atoms with E-state index in [1.54, 1.807) is 0 Å². The molecule has 30 heavy (non-hydrogen) atoms. The quantitative estimate of drug-likeness (QED) is 0.653. The number of hydrogen-bond donors (Lipinski definition) is 2. The van der Waals surface area contributed by atoms with Crippen molar-refractivity contribution < 1.29 is 0 Å². The first-order chi connectivity index (χ1) is 14.0. The molecule has 2 N–H and O–H groups in total. The molecule has 0 aliphatic carbocycles. The van der Waals surface area contributed by atoms with Crippen molar-refractivity contribution in [1.82, 2.24) is 24.6 Å². The number of aromatic amines is 1. The van der Waals surface area contributed by atoms with Gasteiger partial charge < -0.3 is 0 Å². The van der Waals surface area contributed by atoms with Crippen LogP contribution in [-0.4, -0.2) is 50.9 Å². The molecule has 7 nitrogen and oxygen atoms in total. The molecular weight excluding hydrogens is 375 g/mol. The summed E-state index contributed by atoms with van der Waals surface area (Å²) in [4.78, 5) is 22.7. The summed E-state index contributed by atoms with van der Waals surface area (Å²) >= 11 is 0. The summed E-state index contributed by atoms with van der Waals surface area (Å²) in [6.45, 7) is 13.8. The second-order valence-corrected chi connectivity index (χ2v) is 9.29. The Morgan fingerprint density at radius 1 is 1.20 bits per heavy atom. The second kappa shape index (κ2) is 7.11. The molecule has 1 aliphatic rings. The summed E-state index contributed by atoms with van der Waals surface area (Å²) in [6.07, 6.45) is 0. The molecule has 1 aliphatic heterocycles. The Kier molecular flexibility index (Phi) is 4.83. The van der Waals surface area contributed by atoms with Gasteiger partial charge in [-0.05, 0) is 0 Å². The van der Waals surface area contributed by atoms with Crippen LogP contribution < -0.4 is 10.9 Å². The Hall–Kier alpha value is -2.90. The van der Waals surface area contributed by atoms with E-state index in [9.17, 15) is 4.79 Å². The van der Waals surface area contributed by atoms with E-state index in [0.717, 1.165) is 24.5 Å². The van der Waals surface area contributed by atoms with E-state index in [1.165, 1.54) is 11.1 Å². The van der Waals surface area contributed by atoms with Crippen LogP contribution in [0.2, 0.25) is 0 Å². The molecule has 8 heteroatoms. The molecule has 1 saturated heterocycles. The number of anilines is 1. The third-order valence-electron chi connectivity index (χ3n) is 5.81. The van der Waals surface area contributed by atoms with Crippen molar-refractivity contribution in [2.75, 3.05) is 18.4 Å². The van der Waals surface area contributed by atoms with Crippen LogP contribution in [-0.2, 0) is 5.54 Å². The van der Waals surface area contributed by atoms with Gasteiger partial charge in [0.25, 0.3) is 0 Å². The van der Waals surface area contributed by atoms with Crippen molar-refractivity contribution >= 4 is 29.9 Å². The zero-order chi connectivity index (χ0) is 21.8. The van der Waals surface area contributed by atoms with Gasteiger partial charge in [0.2, 0.25) is 0 Å². The minimum atomic E-state index is -0.249. The zero-order valence-corrected chi connectivity index (χ0v) is 18.6. The van der Waals surface area contributed by atoms with Crippen LogP contribution in [0.4, 0.5) is 5.69 Å². The molecule has 1 fully saturated rings. The van der Waals surface area contributed by atoms with Gasteiger partial charge in [-0.25, -0.2) is 0 Å². The predicted octanol–water partition coefficient (Wildman–Crippen LogP) is 2.30. The fourth-order valence-electron chi connectivity index (χ4n) is 3.80. The first kappa shape index (κ1) is 20.4. The van der Waals surface area contributed by atoms with Crippen molar-refractivity contribution in [3.8, 4) is 0 Å². The third-order valence-corrected chi connectivity index (χ3v) is 5.81. The molecule has 0 amide bonds. The maximum absolute atomic E-state index is 12.7. The fourth-order valence-corrected chi connectivity index (χ4v) is 3.80. The SMILES string of the molecule is B=C(Nc1ccc(C)c(C)c1)N1CC(c2nc3c(c(C)nn3C(C)(C)C)c(=O)[nH]2)C1. The number of H-pyrrole nitrogens is 1. The molecule has 0 unspecified atom stereocenters. The summed E-state index contributed by atoms with van der Waals surface area (Å²) < 4.78 is 1.85. The monoisotopic (exact) mass is 404 g/mol. The number of aromatic nitrogens is 4. The molecule has 0 radical (unpaired) electrons. The molecule has 0 atom stereocenters. The maximum atomic E-state index is 12.7. The second-order valence-electron chi connectivity index (χ2n) is 9.29. The van der Waals surface area contributed by atoms with Crippen molar-refractivity contribution in [3.63, 3.8) is 0 Å². The standard InChI is InChI=1S/C22H29BN6O/c1-12-7-8-16(9-13(12)2)24-21(23)28-10-15(11-28)18-25-19-17(20(30)26-18)14(3)27-29(19)22(4,5)6/h7-9,15,23-24H,10-11H2,1-6H3,(H,25,26,30). The number of benzene rings is 1. The normalized spacial score (nSPS) is 14.8. The van der Waals surface area contributed by atoms with Crippen molar-refractivity contribution in [2.24, 2.45) is 0 Å². The number of likely N-dealkylation sites (tertiary alicyclic amines) is 1. The van der Waals surface area contributed by atoms with Gasteiger partial charge in [0.1, 0.15) is 0 Å². The summed E-state index contributed by atoms with van der Waals surface area (Å²) in [5.41, 5.74) is 5.40. The Balaban J connectivity index is 1.52. The van der Waals surface area contributed by atoms with Crippen molar-refractivity contribution in [2.45, 2.75) is 53.0 Å². The van der Waals surface area contributed by atoms with Gasteiger partial charge in [-0.15, -0.1) is 0 Å². The van der Waals surface area contributed by atoms with Crippen molar-refractivity contribution in [1.29, 1.82) is 0 Å². The Labute approximate surface area is 177 Å². The predicted molar refractivity (Wildman–Crippen MR) is 124 cm³/mol. The van der Waals surface area contributed by atoms with Crippen LogP contribution in [0.15, 0.2) is 23.0 Å². The van der Waals surface area contributed by atoms with E-state index in [-0.39, 0.29) is 17.0 Å². The van der Waals surface area contributed by atoms with Crippen LogP contribution in [0.1, 0.15) is 49.3 Å². The van der Waals surface area contributed by atoms with Gasteiger partial charge in [0.05, 0.1) is 0 Å². The van der Waals surface area contributed by atoms with Gasteiger partial charge in [-0.3, -0.25) is 0 Å². The summed E-state index contributed by atoms with van der Waals surface area (Å²) in [7, 11) is 4.18. The summed E-state index contributed by atoms with van der Waals surface area (Å²) in [5.74, 6) is 0.872. The van der Waals surface area contributed by atoms with Crippen LogP contribution in [0.5, 0.6) is 0 Å². The topological polar surface area (TPSA) is 78.8 Å². The van der Waals surface area contributed by atoms with Gasteiger partial charge in [0, 0.05) is 0 Å². The van der Waals surface area contributed by atoms with Crippen LogP contribution in [0.3, 0.4) is 0 Å². The third kappa shape index (κ3) is 3.55. The van der Waals surface area contributed by atoms with Gasteiger partial charge in [-0.1, -0.05) is 0 Å². The number of rotatable bonds is 4. The number of aryl methyl sites for hydroxylation is 3. The van der Waals surface area contributed by atoms with E-state index in [2.05, 4.69) is 80.6 Å². The average molecular weight is 404 g/mol. The molecule has 0 spiro atoms. The first-order valence-corrected chi connectivity index (χ1v) is 10.3. The van der Waals surface area contributed by atoms with E-state index in [4.69, 9.17) is 4.98 Å². The number of fused-ring (bicyclic) bond motifs is 1. The molecule has 3 heterocycles. The van der Waals surface area contributed by atoms with Gasteiger partial charge in [-0.2, -0.15) is 0 Å². The summed E-state index contributed by atoms with van der Waals surface area (Å²) in [6, 6.07) is 6.29. The van der Waals surface area contributed by atoms with E-state index < -0.39 is 0 Å². The summed E-state index contributed by atoms with van der Waals surface area (Å²) in [5, 5.41) is 8.53. The van der Waals surface area contributed by atoms with E-state index >= 15 is 0 Å². The fraction of sp³-hybridized carbons (Fsp3) is 0.455. The zero-order valence-electron chi connectivity index (χ0n) is 18.6. The van der Waals surface area contributed by atoms with E-state index in [1.807, 2.05) is 11.6 Å². The first-order valence-electron chi connectivity index (χ1n) is 10.3. The van der Waals surface area contributed by atoms with Crippen LogP contribution >= 0.6 is 0 Å². The molecule has 3 aromatic rings. The Morgan fingerprint density at radius 2 is 1.90 bits per heavy atom. The van der Waals surface area contributed by atoms with Gasteiger partial charge in [0.15, 0.2) is 0 Å². The molecule has 0 saturated carbocycles. The van der Waals surface area contributed by atoms with E-state index in [0.29, 0.717) is 22.6 Å². The molecule has 1 aromatic carbocycles. The number of hydrogen-bond acceptors (Lipinski definition) is 5.